The summed E-state index contributed by atoms with van der Waals surface area (Å²) in [5.74, 6) is 0.755. The summed E-state index contributed by atoms with van der Waals surface area (Å²) in [6.07, 6.45) is 2.38. The van der Waals surface area contributed by atoms with Crippen LogP contribution in [-0.2, 0) is 10.8 Å². The summed E-state index contributed by atoms with van der Waals surface area (Å²) < 4.78 is 12.1. The van der Waals surface area contributed by atoms with Crippen molar-refractivity contribution in [2.45, 2.75) is 30.7 Å². The molecule has 1 aromatic rings. The zero-order valence-corrected chi connectivity index (χ0v) is 9.85. The van der Waals surface area contributed by atoms with E-state index < -0.39 is 10.8 Å². The van der Waals surface area contributed by atoms with Gasteiger partial charge in [-0.15, -0.1) is 0 Å². The average molecular weight is 223 g/mol. The fourth-order valence-corrected chi connectivity index (χ4v) is 3.47. The molecule has 1 aromatic carbocycles. The zero-order chi connectivity index (χ0) is 10.7. The van der Waals surface area contributed by atoms with Gasteiger partial charge in [0.25, 0.3) is 0 Å². The minimum atomic E-state index is -0.847. The normalized spacial score (nSPS) is 22.9. The van der Waals surface area contributed by atoms with Crippen LogP contribution in [0.25, 0.3) is 0 Å². The van der Waals surface area contributed by atoms with E-state index in [9.17, 15) is 4.21 Å². The first-order valence-corrected chi connectivity index (χ1v) is 6.76. The maximum Gasteiger partial charge on any atom is 0.0547 e. The molecule has 2 unspecified atom stereocenters. The Bertz CT molecular complexity index is 358. The number of hydrogen-bond acceptors (Lipinski definition) is 2. The maximum absolute atomic E-state index is 12.1. The molecular weight excluding hydrogens is 206 g/mol. The van der Waals surface area contributed by atoms with Crippen LogP contribution in [0.3, 0.4) is 0 Å². The lowest BCUT2D eigenvalue weighted by Gasteiger charge is -2.10. The van der Waals surface area contributed by atoms with E-state index >= 15 is 0 Å². The van der Waals surface area contributed by atoms with Gasteiger partial charge in [0.15, 0.2) is 0 Å². The summed E-state index contributed by atoms with van der Waals surface area (Å²) in [5, 5.41) is 3.38. The fraction of sp³-hybridized carbons (Fsp3) is 0.500. The molecule has 0 bridgehead atoms. The van der Waals surface area contributed by atoms with Gasteiger partial charge >= 0.3 is 0 Å². The average Bonchev–Trinajstić information content (AvgIpc) is 2.71. The van der Waals surface area contributed by atoms with E-state index in [0.717, 1.165) is 29.2 Å². The highest BCUT2D eigenvalue weighted by Gasteiger charge is 2.18. The van der Waals surface area contributed by atoms with Crippen molar-refractivity contribution in [2.75, 3.05) is 12.3 Å². The van der Waals surface area contributed by atoms with Crippen LogP contribution in [0.1, 0.15) is 18.4 Å². The predicted octanol–water partition coefficient (Wildman–Crippen LogP) is 1.85. The standard InChI is InChI=1S/C12H17NOS/c1-10-5-2-3-7-12(10)15(14)9-11-6-4-8-13-11/h2-3,5,7,11,13H,4,6,8-9H2,1H3. The van der Waals surface area contributed by atoms with Crippen molar-refractivity contribution in [1.82, 2.24) is 5.32 Å². The van der Waals surface area contributed by atoms with Gasteiger partial charge < -0.3 is 5.32 Å². The first-order valence-electron chi connectivity index (χ1n) is 5.45. The Balaban J connectivity index is 2.04. The minimum Gasteiger partial charge on any atom is -0.313 e. The van der Waals surface area contributed by atoms with E-state index in [4.69, 9.17) is 0 Å². The van der Waals surface area contributed by atoms with Gasteiger partial charge in [0, 0.05) is 16.7 Å². The fourth-order valence-electron chi connectivity index (χ4n) is 1.98. The van der Waals surface area contributed by atoms with Crippen LogP contribution in [0.2, 0.25) is 0 Å². The van der Waals surface area contributed by atoms with Gasteiger partial charge in [0.2, 0.25) is 0 Å². The third-order valence-corrected chi connectivity index (χ3v) is 4.51. The van der Waals surface area contributed by atoms with Crippen molar-refractivity contribution in [2.24, 2.45) is 0 Å². The van der Waals surface area contributed by atoms with Gasteiger partial charge in [0.05, 0.1) is 10.8 Å². The molecule has 2 rings (SSSR count). The van der Waals surface area contributed by atoms with Crippen molar-refractivity contribution in [3.63, 3.8) is 0 Å². The molecule has 0 saturated carbocycles. The molecule has 1 aliphatic heterocycles. The topological polar surface area (TPSA) is 29.1 Å². The molecule has 3 heteroatoms. The minimum absolute atomic E-state index is 0.449. The van der Waals surface area contributed by atoms with Crippen LogP contribution >= 0.6 is 0 Å². The summed E-state index contributed by atoms with van der Waals surface area (Å²) in [5.41, 5.74) is 1.13. The van der Waals surface area contributed by atoms with Gasteiger partial charge in [-0.2, -0.15) is 0 Å². The summed E-state index contributed by atoms with van der Waals surface area (Å²) >= 11 is 0. The Kier molecular flexibility index (Phi) is 3.54. The Hall–Kier alpha value is -0.670. The van der Waals surface area contributed by atoms with Crippen molar-refractivity contribution in [3.05, 3.63) is 29.8 Å². The smallest absolute Gasteiger partial charge is 0.0547 e. The van der Waals surface area contributed by atoms with Crippen LogP contribution in [0.5, 0.6) is 0 Å². The van der Waals surface area contributed by atoms with E-state index in [-0.39, 0.29) is 0 Å². The second-order valence-corrected chi connectivity index (χ2v) is 5.54. The summed E-state index contributed by atoms with van der Waals surface area (Å²) in [4.78, 5) is 0.992. The molecule has 0 aromatic heterocycles. The molecular formula is C12H17NOS. The summed E-state index contributed by atoms with van der Waals surface area (Å²) in [7, 11) is -0.847. The monoisotopic (exact) mass is 223 g/mol. The summed E-state index contributed by atoms with van der Waals surface area (Å²) in [6, 6.07) is 8.40. The summed E-state index contributed by atoms with van der Waals surface area (Å²) in [6.45, 7) is 3.10. The van der Waals surface area contributed by atoms with Crippen molar-refractivity contribution < 1.29 is 4.21 Å². The molecule has 2 nitrogen and oxygen atoms in total. The van der Waals surface area contributed by atoms with E-state index in [1.165, 1.54) is 6.42 Å². The first kappa shape index (κ1) is 10.8. The van der Waals surface area contributed by atoms with Crippen molar-refractivity contribution in [1.29, 1.82) is 0 Å². The second kappa shape index (κ2) is 4.90. The van der Waals surface area contributed by atoms with Gasteiger partial charge in [0.1, 0.15) is 0 Å². The van der Waals surface area contributed by atoms with Crippen LogP contribution < -0.4 is 5.32 Å². The number of nitrogens with one attached hydrogen (secondary N) is 1. The van der Waals surface area contributed by atoms with E-state index in [1.807, 2.05) is 31.2 Å². The van der Waals surface area contributed by atoms with Crippen LogP contribution in [-0.4, -0.2) is 22.5 Å². The molecule has 1 fully saturated rings. The third kappa shape index (κ3) is 2.67. The molecule has 2 atom stereocenters. The second-order valence-electron chi connectivity index (χ2n) is 4.07. The highest BCUT2D eigenvalue weighted by atomic mass is 32.2. The number of rotatable bonds is 3. The Morgan fingerprint density at radius 2 is 2.27 bits per heavy atom. The lowest BCUT2D eigenvalue weighted by atomic mass is 10.2. The third-order valence-electron chi connectivity index (χ3n) is 2.85. The molecule has 1 saturated heterocycles. The number of benzene rings is 1. The molecule has 0 radical (unpaired) electrons. The zero-order valence-electron chi connectivity index (χ0n) is 9.03. The highest BCUT2D eigenvalue weighted by molar-refractivity contribution is 7.85. The van der Waals surface area contributed by atoms with Gasteiger partial charge in [-0.1, -0.05) is 18.2 Å². The van der Waals surface area contributed by atoms with Crippen molar-refractivity contribution >= 4 is 10.8 Å². The van der Waals surface area contributed by atoms with Crippen LogP contribution in [0.4, 0.5) is 0 Å². The Morgan fingerprint density at radius 3 is 2.93 bits per heavy atom. The predicted molar refractivity (Wildman–Crippen MR) is 63.5 cm³/mol. The lowest BCUT2D eigenvalue weighted by Crippen LogP contribution is -2.27. The van der Waals surface area contributed by atoms with Gasteiger partial charge in [-0.3, -0.25) is 4.21 Å². The van der Waals surface area contributed by atoms with Gasteiger partial charge in [-0.25, -0.2) is 0 Å². The highest BCUT2D eigenvalue weighted by Crippen LogP contribution is 2.15. The molecule has 0 aliphatic carbocycles. The van der Waals surface area contributed by atoms with Crippen molar-refractivity contribution in [3.8, 4) is 0 Å². The molecule has 15 heavy (non-hydrogen) atoms. The molecule has 0 spiro atoms. The van der Waals surface area contributed by atoms with E-state index in [0.29, 0.717) is 6.04 Å². The lowest BCUT2D eigenvalue weighted by molar-refractivity contribution is 0.643. The maximum atomic E-state index is 12.1. The van der Waals surface area contributed by atoms with E-state index in [1.54, 1.807) is 0 Å². The molecule has 1 heterocycles. The largest absolute Gasteiger partial charge is 0.313 e. The SMILES string of the molecule is Cc1ccccc1S(=O)CC1CCCN1. The number of aryl methyl sites for hydroxylation is 1. The number of hydrogen-bond donors (Lipinski definition) is 1. The molecule has 1 aliphatic rings. The quantitative estimate of drug-likeness (QED) is 0.847. The van der Waals surface area contributed by atoms with Crippen LogP contribution in [0.15, 0.2) is 29.2 Å². The van der Waals surface area contributed by atoms with E-state index in [2.05, 4.69) is 5.32 Å². The molecule has 82 valence electrons. The first-order chi connectivity index (χ1) is 7.27. The van der Waals surface area contributed by atoms with Crippen LogP contribution in [0, 0.1) is 6.92 Å². The molecule has 1 N–H and O–H groups in total. The Morgan fingerprint density at radius 1 is 1.47 bits per heavy atom. The van der Waals surface area contributed by atoms with Gasteiger partial charge in [-0.05, 0) is 37.9 Å². The molecule has 0 amide bonds. The Labute approximate surface area is 93.5 Å².